The van der Waals surface area contributed by atoms with Crippen molar-refractivity contribution in [1.82, 2.24) is 5.32 Å². The van der Waals surface area contributed by atoms with Gasteiger partial charge in [-0.1, -0.05) is 6.07 Å². The summed E-state index contributed by atoms with van der Waals surface area (Å²) in [5.74, 6) is 1.42. The third-order valence-electron chi connectivity index (χ3n) is 2.34. The molecule has 2 radical (unpaired) electrons. The van der Waals surface area contributed by atoms with E-state index in [1.165, 1.54) is 0 Å². The van der Waals surface area contributed by atoms with Gasteiger partial charge in [-0.05, 0) is 24.7 Å². The maximum atomic E-state index is 9.62. The zero-order chi connectivity index (χ0) is 10.9. The predicted molar refractivity (Wildman–Crippen MR) is 56.0 cm³/mol. The lowest BCUT2D eigenvalue weighted by atomic mass is 9.85. The molecule has 2 rings (SSSR count). The Hall–Kier alpha value is -1.20. The molecule has 0 fully saturated rings. The van der Waals surface area contributed by atoms with Crippen molar-refractivity contribution in [3.8, 4) is 11.5 Å². The molecule has 1 aliphatic rings. The van der Waals surface area contributed by atoms with Crippen LogP contribution < -0.4 is 14.8 Å². The molecule has 0 spiro atoms. The van der Waals surface area contributed by atoms with Crippen LogP contribution in [0.2, 0.25) is 0 Å². The minimum atomic E-state index is -1.40. The molecule has 4 nitrogen and oxygen atoms in total. The Morgan fingerprint density at radius 3 is 2.93 bits per heavy atom. The number of likely N-dealkylation sites (N-methyl/N-ethyl adjacent to an activating group) is 1. The Kier molecular flexibility index (Phi) is 2.58. The van der Waals surface area contributed by atoms with Gasteiger partial charge in [-0.25, -0.2) is 0 Å². The predicted octanol–water partition coefficient (Wildman–Crippen LogP) is -0.00820. The van der Waals surface area contributed by atoms with Crippen molar-refractivity contribution in [3.05, 3.63) is 23.8 Å². The average molecular weight is 205 g/mol. The van der Waals surface area contributed by atoms with Crippen molar-refractivity contribution in [2.24, 2.45) is 0 Å². The van der Waals surface area contributed by atoms with Crippen molar-refractivity contribution < 1.29 is 14.6 Å². The van der Waals surface area contributed by atoms with Crippen molar-refractivity contribution in [2.45, 2.75) is 12.0 Å². The highest BCUT2D eigenvalue weighted by atomic mass is 16.7. The Morgan fingerprint density at radius 1 is 1.47 bits per heavy atom. The Labute approximate surface area is 89.6 Å². The second-order valence-corrected chi connectivity index (χ2v) is 3.54. The summed E-state index contributed by atoms with van der Waals surface area (Å²) in [4.78, 5) is 0. The monoisotopic (exact) mass is 205 g/mol. The highest BCUT2D eigenvalue weighted by molar-refractivity contribution is 6.14. The Bertz CT molecular complexity index is 368. The molecule has 5 heteroatoms. The van der Waals surface area contributed by atoms with Gasteiger partial charge in [0.05, 0.1) is 5.62 Å². The summed E-state index contributed by atoms with van der Waals surface area (Å²) < 4.78 is 10.4. The van der Waals surface area contributed by atoms with Gasteiger partial charge in [-0.2, -0.15) is 0 Å². The molecule has 15 heavy (non-hydrogen) atoms. The fourth-order valence-corrected chi connectivity index (χ4v) is 1.45. The number of nitrogens with one attached hydrogen (secondary N) is 1. The Morgan fingerprint density at radius 2 is 2.20 bits per heavy atom. The summed E-state index contributed by atoms with van der Waals surface area (Å²) in [6, 6.07) is 5.48. The van der Waals surface area contributed by atoms with Crippen LogP contribution in [0.4, 0.5) is 0 Å². The summed E-state index contributed by atoms with van der Waals surface area (Å²) in [5, 5.41) is 12.2. The maximum absolute atomic E-state index is 9.62. The highest BCUT2D eigenvalue weighted by Gasteiger charge is 2.19. The number of fused-ring (bicyclic) bond motifs is 1. The third kappa shape index (κ3) is 2.24. The van der Waals surface area contributed by atoms with Gasteiger partial charge >= 0.3 is 0 Å². The van der Waals surface area contributed by atoms with Crippen molar-refractivity contribution in [3.63, 3.8) is 0 Å². The van der Waals surface area contributed by atoms with Crippen molar-refractivity contribution >= 4 is 7.85 Å². The first-order chi connectivity index (χ1) is 7.11. The quantitative estimate of drug-likeness (QED) is 0.538. The molecule has 0 aromatic heterocycles. The molecule has 0 aliphatic carbocycles. The fourth-order valence-electron chi connectivity index (χ4n) is 1.45. The van der Waals surface area contributed by atoms with E-state index in [-0.39, 0.29) is 6.79 Å². The van der Waals surface area contributed by atoms with Crippen LogP contribution in [0, 0.1) is 0 Å². The first-order valence-electron chi connectivity index (χ1n) is 4.69. The minimum absolute atomic E-state index is 0.248. The van der Waals surface area contributed by atoms with E-state index >= 15 is 0 Å². The molecular formula is C10H12BNO3. The molecule has 1 atom stereocenters. The molecule has 1 aliphatic heterocycles. The van der Waals surface area contributed by atoms with Crippen LogP contribution in [0.3, 0.4) is 0 Å². The van der Waals surface area contributed by atoms with E-state index in [9.17, 15) is 5.11 Å². The van der Waals surface area contributed by atoms with Crippen LogP contribution in [0.25, 0.3) is 0 Å². The van der Waals surface area contributed by atoms with E-state index in [2.05, 4.69) is 5.32 Å². The molecule has 0 saturated carbocycles. The molecular weight excluding hydrogens is 193 g/mol. The number of aliphatic hydroxyl groups is 1. The van der Waals surface area contributed by atoms with Gasteiger partial charge in [-0.15, -0.1) is 0 Å². The zero-order valence-electron chi connectivity index (χ0n) is 8.49. The topological polar surface area (TPSA) is 50.7 Å². The standard InChI is InChI=1S/C10H12BNO3/c1-12-10(11,13)5-7-2-3-8-9(4-7)15-6-14-8/h2-4,12-13H,5-6H2,1H3. The zero-order valence-corrected chi connectivity index (χ0v) is 8.49. The summed E-state index contributed by atoms with van der Waals surface area (Å²) in [7, 11) is 7.17. The van der Waals surface area contributed by atoms with E-state index in [1.54, 1.807) is 7.05 Å². The normalized spacial score (nSPS) is 17.5. The summed E-state index contributed by atoms with van der Waals surface area (Å²) in [5.41, 5.74) is -0.508. The van der Waals surface area contributed by atoms with Crippen molar-refractivity contribution in [2.75, 3.05) is 13.8 Å². The minimum Gasteiger partial charge on any atom is -0.454 e. The summed E-state index contributed by atoms with van der Waals surface area (Å²) >= 11 is 0. The smallest absolute Gasteiger partial charge is 0.231 e. The molecule has 0 amide bonds. The van der Waals surface area contributed by atoms with E-state index < -0.39 is 5.62 Å². The molecule has 2 N–H and O–H groups in total. The average Bonchev–Trinajstić information content (AvgIpc) is 2.64. The highest BCUT2D eigenvalue weighted by Crippen LogP contribution is 2.32. The van der Waals surface area contributed by atoms with Gasteiger partial charge in [-0.3, -0.25) is 0 Å². The van der Waals surface area contributed by atoms with Gasteiger partial charge in [0.1, 0.15) is 7.85 Å². The number of hydrogen-bond donors (Lipinski definition) is 2. The second kappa shape index (κ2) is 3.75. The lowest BCUT2D eigenvalue weighted by Gasteiger charge is -2.23. The molecule has 1 aromatic rings. The van der Waals surface area contributed by atoms with E-state index in [0.717, 1.165) is 11.3 Å². The number of hydrogen-bond acceptors (Lipinski definition) is 4. The van der Waals surface area contributed by atoms with Crippen LogP contribution in [-0.2, 0) is 6.42 Å². The number of rotatable bonds is 3. The lowest BCUT2D eigenvalue weighted by molar-refractivity contribution is 0.0997. The molecule has 1 heterocycles. The van der Waals surface area contributed by atoms with Crippen LogP contribution in [0.5, 0.6) is 11.5 Å². The lowest BCUT2D eigenvalue weighted by Crippen LogP contribution is -2.45. The molecule has 1 aromatic carbocycles. The number of benzene rings is 1. The van der Waals surface area contributed by atoms with E-state index in [4.69, 9.17) is 17.3 Å². The van der Waals surface area contributed by atoms with E-state index in [1.807, 2.05) is 18.2 Å². The van der Waals surface area contributed by atoms with Crippen molar-refractivity contribution in [1.29, 1.82) is 0 Å². The van der Waals surface area contributed by atoms with Gasteiger partial charge in [0.15, 0.2) is 11.5 Å². The molecule has 0 saturated heterocycles. The maximum Gasteiger partial charge on any atom is 0.231 e. The van der Waals surface area contributed by atoms with Gasteiger partial charge < -0.3 is 19.9 Å². The van der Waals surface area contributed by atoms with Gasteiger partial charge in [0.2, 0.25) is 6.79 Å². The van der Waals surface area contributed by atoms with Gasteiger partial charge in [0.25, 0.3) is 0 Å². The summed E-state index contributed by atoms with van der Waals surface area (Å²) in [6.45, 7) is 0.248. The molecule has 0 bridgehead atoms. The molecule has 78 valence electrons. The largest absolute Gasteiger partial charge is 0.454 e. The van der Waals surface area contributed by atoms with Crippen LogP contribution >= 0.6 is 0 Å². The summed E-state index contributed by atoms with van der Waals surface area (Å²) in [6.07, 6.45) is 0.306. The van der Waals surface area contributed by atoms with Crippen LogP contribution in [-0.4, -0.2) is 32.4 Å². The molecule has 1 unspecified atom stereocenters. The van der Waals surface area contributed by atoms with Gasteiger partial charge in [0, 0.05) is 6.42 Å². The second-order valence-electron chi connectivity index (χ2n) is 3.54. The van der Waals surface area contributed by atoms with Crippen LogP contribution in [0.15, 0.2) is 18.2 Å². The fraction of sp³-hybridized carbons (Fsp3) is 0.400. The third-order valence-corrected chi connectivity index (χ3v) is 2.34. The Balaban J connectivity index is 2.17. The first-order valence-corrected chi connectivity index (χ1v) is 4.69. The SMILES string of the molecule is [B]C(O)(Cc1ccc2c(c1)OCO2)NC. The number of ether oxygens (including phenoxy) is 2. The first kappa shape index (κ1) is 10.3. The van der Waals surface area contributed by atoms with Crippen LogP contribution in [0.1, 0.15) is 5.56 Å². The van der Waals surface area contributed by atoms with E-state index in [0.29, 0.717) is 12.2 Å².